The number of nitrogens with one attached hydrogen (secondary N) is 1. The summed E-state index contributed by atoms with van der Waals surface area (Å²) in [6.07, 6.45) is 4.39. The number of hydrogen-bond acceptors (Lipinski definition) is 5. The highest BCUT2D eigenvalue weighted by Crippen LogP contribution is 2.28. The number of nitrogens with zero attached hydrogens (tertiary/aromatic N) is 4. The zero-order valence-electron chi connectivity index (χ0n) is 14.9. The highest BCUT2D eigenvalue weighted by atomic mass is 16.2. The molecule has 4 aliphatic heterocycles. The van der Waals surface area contributed by atoms with Crippen LogP contribution in [0.5, 0.6) is 0 Å². The molecule has 0 aliphatic carbocycles. The smallest absolute Gasteiger partial charge is 0.236 e. The number of pyridine rings is 1. The zero-order valence-corrected chi connectivity index (χ0v) is 14.9. The van der Waals surface area contributed by atoms with Crippen LogP contribution in [-0.2, 0) is 11.3 Å². The fraction of sp³-hybridized carbons (Fsp3) is 0.684. The maximum absolute atomic E-state index is 12.7. The summed E-state index contributed by atoms with van der Waals surface area (Å²) in [4.78, 5) is 24.2. The molecular weight excluding hydrogens is 314 g/mol. The molecule has 136 valence electrons. The Balaban J connectivity index is 1.37. The van der Waals surface area contributed by atoms with Crippen molar-refractivity contribution in [2.75, 3.05) is 52.4 Å². The molecule has 0 spiro atoms. The van der Waals surface area contributed by atoms with Crippen molar-refractivity contribution in [3.63, 3.8) is 0 Å². The quantitative estimate of drug-likeness (QED) is 0.858. The Bertz CT molecular complexity index is 574. The van der Waals surface area contributed by atoms with Gasteiger partial charge >= 0.3 is 0 Å². The lowest BCUT2D eigenvalue weighted by Gasteiger charge is -2.37. The first-order valence-corrected chi connectivity index (χ1v) is 9.63. The summed E-state index contributed by atoms with van der Waals surface area (Å²) in [5.41, 5.74) is 1.15. The van der Waals surface area contributed by atoms with Crippen molar-refractivity contribution < 1.29 is 4.79 Å². The van der Waals surface area contributed by atoms with Crippen molar-refractivity contribution in [1.29, 1.82) is 0 Å². The molecule has 5 rings (SSSR count). The van der Waals surface area contributed by atoms with E-state index in [1.807, 2.05) is 17.2 Å². The first kappa shape index (κ1) is 16.9. The number of amides is 1. The van der Waals surface area contributed by atoms with E-state index in [1.165, 1.54) is 12.8 Å². The maximum Gasteiger partial charge on any atom is 0.236 e. The summed E-state index contributed by atoms with van der Waals surface area (Å²) in [7, 11) is 0. The van der Waals surface area contributed by atoms with Crippen molar-refractivity contribution in [3.05, 3.63) is 30.1 Å². The van der Waals surface area contributed by atoms with Gasteiger partial charge in [0.05, 0.1) is 12.2 Å². The lowest BCUT2D eigenvalue weighted by molar-refractivity contribution is -0.134. The molecule has 6 heteroatoms. The second-order valence-electron chi connectivity index (χ2n) is 7.67. The van der Waals surface area contributed by atoms with Crippen molar-refractivity contribution in [3.8, 4) is 0 Å². The monoisotopic (exact) mass is 343 g/mol. The van der Waals surface area contributed by atoms with Gasteiger partial charge in [-0.25, -0.2) is 0 Å². The van der Waals surface area contributed by atoms with Gasteiger partial charge in [0.25, 0.3) is 0 Å². The van der Waals surface area contributed by atoms with Crippen LogP contribution in [0.2, 0.25) is 0 Å². The average molecular weight is 343 g/mol. The Kier molecular flexibility index (Phi) is 5.29. The van der Waals surface area contributed by atoms with E-state index in [1.54, 1.807) is 0 Å². The summed E-state index contributed by atoms with van der Waals surface area (Å²) >= 11 is 0. The van der Waals surface area contributed by atoms with Gasteiger partial charge in [-0.15, -0.1) is 0 Å². The first-order valence-electron chi connectivity index (χ1n) is 9.63. The minimum Gasteiger partial charge on any atom is -0.339 e. The number of carbonyl (C=O) groups is 1. The van der Waals surface area contributed by atoms with E-state index in [2.05, 4.69) is 32.2 Å². The van der Waals surface area contributed by atoms with Crippen LogP contribution in [-0.4, -0.2) is 84.0 Å². The van der Waals surface area contributed by atoms with Gasteiger partial charge in [0.15, 0.2) is 0 Å². The Labute approximate surface area is 150 Å². The third kappa shape index (κ3) is 4.19. The SMILES string of the molecule is O=C(CN1C[C@@H]2CC[C@H]1CN(Cc1ccccn1)C2)N1CCNCC1. The fourth-order valence-electron chi connectivity index (χ4n) is 4.51. The van der Waals surface area contributed by atoms with Gasteiger partial charge in [-0.1, -0.05) is 6.07 Å². The molecule has 0 unspecified atom stereocenters. The van der Waals surface area contributed by atoms with Crippen LogP contribution in [0.15, 0.2) is 24.4 Å². The van der Waals surface area contributed by atoms with Crippen molar-refractivity contribution in [1.82, 2.24) is 25.0 Å². The molecule has 1 aromatic rings. The average Bonchev–Trinajstić information content (AvgIpc) is 2.94. The second-order valence-corrected chi connectivity index (χ2v) is 7.67. The van der Waals surface area contributed by atoms with Gasteiger partial charge < -0.3 is 10.2 Å². The van der Waals surface area contributed by atoms with Crippen LogP contribution in [0.1, 0.15) is 18.5 Å². The Morgan fingerprint density at radius 2 is 2.04 bits per heavy atom. The van der Waals surface area contributed by atoms with E-state index in [9.17, 15) is 4.79 Å². The van der Waals surface area contributed by atoms with Gasteiger partial charge in [0, 0.05) is 64.6 Å². The van der Waals surface area contributed by atoms with Crippen LogP contribution in [0.25, 0.3) is 0 Å². The molecule has 2 bridgehead atoms. The zero-order chi connectivity index (χ0) is 17.1. The maximum atomic E-state index is 12.7. The highest BCUT2D eigenvalue weighted by molar-refractivity contribution is 5.78. The van der Waals surface area contributed by atoms with Crippen molar-refractivity contribution in [2.24, 2.45) is 5.92 Å². The molecule has 4 aliphatic rings. The number of fused-ring (bicyclic) bond motifs is 4. The van der Waals surface area contributed by atoms with Crippen molar-refractivity contribution in [2.45, 2.75) is 25.4 Å². The number of piperidine rings is 1. The van der Waals surface area contributed by atoms with Gasteiger partial charge in [0.2, 0.25) is 5.91 Å². The first-order chi connectivity index (χ1) is 12.3. The molecule has 0 saturated carbocycles. The molecule has 6 nitrogen and oxygen atoms in total. The predicted octanol–water partition coefficient (Wildman–Crippen LogP) is 0.410. The van der Waals surface area contributed by atoms with Gasteiger partial charge in [-0.3, -0.25) is 19.6 Å². The third-order valence-corrected chi connectivity index (χ3v) is 5.82. The molecular formula is C19H29N5O. The van der Waals surface area contributed by atoms with Crippen molar-refractivity contribution >= 4 is 5.91 Å². The number of hydrogen-bond donors (Lipinski definition) is 1. The molecule has 4 saturated heterocycles. The molecule has 1 amide bonds. The van der Waals surface area contributed by atoms with E-state index in [-0.39, 0.29) is 0 Å². The van der Waals surface area contributed by atoms with Gasteiger partial charge in [-0.2, -0.15) is 0 Å². The second kappa shape index (κ2) is 7.81. The Morgan fingerprint density at radius 1 is 1.16 bits per heavy atom. The lowest BCUT2D eigenvalue weighted by atomic mass is 9.95. The lowest BCUT2D eigenvalue weighted by Crippen LogP contribution is -2.53. The molecule has 4 fully saturated rings. The summed E-state index contributed by atoms with van der Waals surface area (Å²) in [5.74, 6) is 0.989. The van der Waals surface area contributed by atoms with E-state index < -0.39 is 0 Å². The fourth-order valence-corrected chi connectivity index (χ4v) is 4.51. The number of aromatic nitrogens is 1. The summed E-state index contributed by atoms with van der Waals surface area (Å²) in [6, 6.07) is 6.65. The highest BCUT2D eigenvalue weighted by Gasteiger charge is 2.36. The molecule has 1 N–H and O–H groups in total. The van der Waals surface area contributed by atoms with E-state index in [4.69, 9.17) is 0 Å². The van der Waals surface area contributed by atoms with Crippen LogP contribution in [0.3, 0.4) is 0 Å². The molecule has 25 heavy (non-hydrogen) atoms. The van der Waals surface area contributed by atoms with Crippen LogP contribution < -0.4 is 5.32 Å². The number of piperazine rings is 1. The summed E-state index contributed by atoms with van der Waals surface area (Å²) in [6.45, 7) is 8.34. The van der Waals surface area contributed by atoms with Gasteiger partial charge in [-0.05, 0) is 30.9 Å². The van der Waals surface area contributed by atoms with Gasteiger partial charge in [0.1, 0.15) is 0 Å². The molecule has 1 aromatic heterocycles. The summed E-state index contributed by atoms with van der Waals surface area (Å²) < 4.78 is 0. The third-order valence-electron chi connectivity index (χ3n) is 5.82. The van der Waals surface area contributed by atoms with Crippen LogP contribution in [0.4, 0.5) is 0 Å². The summed E-state index contributed by atoms with van der Waals surface area (Å²) in [5, 5.41) is 3.32. The van der Waals surface area contributed by atoms with Crippen LogP contribution >= 0.6 is 0 Å². The molecule has 0 radical (unpaired) electrons. The van der Waals surface area contributed by atoms with E-state index in [0.29, 0.717) is 24.4 Å². The minimum absolute atomic E-state index is 0.310. The number of rotatable bonds is 4. The Morgan fingerprint density at radius 3 is 2.84 bits per heavy atom. The van der Waals surface area contributed by atoms with E-state index >= 15 is 0 Å². The minimum atomic E-state index is 0.310. The van der Waals surface area contributed by atoms with E-state index in [0.717, 1.165) is 58.1 Å². The molecule has 2 atom stereocenters. The topological polar surface area (TPSA) is 51.7 Å². The molecule has 0 aromatic carbocycles. The normalized spacial score (nSPS) is 28.1. The largest absolute Gasteiger partial charge is 0.339 e. The Hall–Kier alpha value is -1.50. The molecule has 5 heterocycles. The number of carbonyl (C=O) groups excluding carboxylic acids is 1. The predicted molar refractivity (Wildman–Crippen MR) is 97.0 cm³/mol. The van der Waals surface area contributed by atoms with Crippen LogP contribution in [0, 0.1) is 5.92 Å². The standard InChI is InChI=1S/C19H29N5O/c25-19(23-9-7-20-8-10-23)15-24-12-16-4-5-18(24)14-22(11-16)13-17-3-1-2-6-21-17/h1-3,6,16,18,20H,4-5,7-15H2/t16-,18+/m1/s1.